The van der Waals surface area contributed by atoms with Gasteiger partial charge in [0.05, 0.1) is 15.6 Å². The molecule has 0 aliphatic carbocycles. The van der Waals surface area contributed by atoms with Gasteiger partial charge in [-0.25, -0.2) is 0 Å². The number of nitrogens with zero attached hydrogens (tertiary/aromatic N) is 1. The lowest BCUT2D eigenvalue weighted by molar-refractivity contribution is -0.132. The van der Waals surface area contributed by atoms with Crippen LogP contribution in [0.5, 0.6) is 0 Å². The number of aryl methyl sites for hydroxylation is 1. The number of thiophene rings is 1. The number of ketones is 1. The Kier molecular flexibility index (Phi) is 5.21. The van der Waals surface area contributed by atoms with Crippen LogP contribution in [0.25, 0.3) is 5.76 Å². The van der Waals surface area contributed by atoms with Crippen LogP contribution in [0.15, 0.2) is 65.6 Å². The van der Waals surface area contributed by atoms with Crippen molar-refractivity contribution in [1.82, 2.24) is 0 Å². The zero-order valence-corrected chi connectivity index (χ0v) is 17.6. The Bertz CT molecular complexity index is 1150. The van der Waals surface area contributed by atoms with Crippen molar-refractivity contribution in [2.75, 3.05) is 4.90 Å². The maximum Gasteiger partial charge on any atom is 0.300 e. The predicted octanol–water partition coefficient (Wildman–Crippen LogP) is 5.99. The number of aliphatic hydroxyl groups excluding tert-OH is 1. The standard InChI is InChI=1S/C22H15Cl2NO3S/c1-12-5-2-3-6-16(12)25-19(17-7-4-10-29-17)18(21(27)22(25)28)20(26)13-8-9-14(23)15(24)11-13/h2-11,19,26H,1H3/b20-18-. The summed E-state index contributed by atoms with van der Waals surface area (Å²) in [5.41, 5.74) is 1.83. The second kappa shape index (κ2) is 7.67. The van der Waals surface area contributed by atoms with Crippen LogP contribution in [0.4, 0.5) is 5.69 Å². The molecule has 7 heteroatoms. The SMILES string of the molecule is Cc1ccccc1N1C(=O)C(=O)/C(=C(\O)c2ccc(Cl)c(Cl)c2)C1c1cccs1. The van der Waals surface area contributed by atoms with E-state index in [1.54, 1.807) is 12.1 Å². The lowest BCUT2D eigenvalue weighted by atomic mass is 9.99. The van der Waals surface area contributed by atoms with Gasteiger partial charge in [0, 0.05) is 16.1 Å². The minimum Gasteiger partial charge on any atom is -0.507 e. The van der Waals surface area contributed by atoms with Gasteiger partial charge in [0.15, 0.2) is 0 Å². The van der Waals surface area contributed by atoms with Crippen LogP contribution in [-0.2, 0) is 9.59 Å². The number of Topliss-reactive ketones (excluding diaryl/α,β-unsaturated/α-hetero) is 1. The summed E-state index contributed by atoms with van der Waals surface area (Å²) in [6, 6.07) is 14.9. The van der Waals surface area contributed by atoms with E-state index in [0.29, 0.717) is 16.3 Å². The molecule has 4 nitrogen and oxygen atoms in total. The van der Waals surface area contributed by atoms with E-state index in [-0.39, 0.29) is 16.4 Å². The number of anilines is 1. The molecule has 0 bridgehead atoms. The van der Waals surface area contributed by atoms with Crippen LogP contribution in [0.2, 0.25) is 10.0 Å². The zero-order chi connectivity index (χ0) is 20.7. The van der Waals surface area contributed by atoms with Gasteiger partial charge in [0.1, 0.15) is 11.8 Å². The molecule has 1 fully saturated rings. The van der Waals surface area contributed by atoms with E-state index in [1.807, 2.05) is 42.6 Å². The molecule has 3 aromatic rings. The highest BCUT2D eigenvalue weighted by Gasteiger charge is 2.47. The van der Waals surface area contributed by atoms with E-state index in [2.05, 4.69) is 0 Å². The Morgan fingerprint density at radius 3 is 2.45 bits per heavy atom. The number of carbonyl (C=O) groups is 2. The smallest absolute Gasteiger partial charge is 0.300 e. The van der Waals surface area contributed by atoms with E-state index in [9.17, 15) is 14.7 Å². The van der Waals surface area contributed by atoms with Gasteiger partial charge in [0.2, 0.25) is 0 Å². The highest BCUT2D eigenvalue weighted by atomic mass is 35.5. The Balaban J connectivity index is 1.95. The first-order valence-electron chi connectivity index (χ1n) is 8.75. The van der Waals surface area contributed by atoms with Crippen molar-refractivity contribution in [3.63, 3.8) is 0 Å². The van der Waals surface area contributed by atoms with E-state index in [1.165, 1.54) is 28.4 Å². The average Bonchev–Trinajstić information content (AvgIpc) is 3.32. The van der Waals surface area contributed by atoms with Crippen molar-refractivity contribution in [2.24, 2.45) is 0 Å². The summed E-state index contributed by atoms with van der Waals surface area (Å²) in [4.78, 5) is 28.3. The quantitative estimate of drug-likeness (QED) is 0.307. The molecule has 1 saturated heterocycles. The number of benzene rings is 2. The van der Waals surface area contributed by atoms with Gasteiger partial charge in [-0.05, 0) is 48.2 Å². The molecule has 0 spiro atoms. The van der Waals surface area contributed by atoms with E-state index < -0.39 is 17.7 Å². The molecule has 0 radical (unpaired) electrons. The highest BCUT2D eigenvalue weighted by Crippen LogP contribution is 2.44. The molecule has 1 atom stereocenters. The van der Waals surface area contributed by atoms with E-state index in [4.69, 9.17) is 23.2 Å². The molecule has 0 saturated carbocycles. The number of hydrogen-bond acceptors (Lipinski definition) is 4. The van der Waals surface area contributed by atoms with Crippen LogP contribution >= 0.6 is 34.5 Å². The molecule has 4 rings (SSSR count). The minimum atomic E-state index is -0.741. The summed E-state index contributed by atoms with van der Waals surface area (Å²) in [7, 11) is 0. The molecule has 1 unspecified atom stereocenters. The highest BCUT2D eigenvalue weighted by molar-refractivity contribution is 7.10. The maximum atomic E-state index is 13.0. The average molecular weight is 444 g/mol. The van der Waals surface area contributed by atoms with Crippen LogP contribution in [0, 0.1) is 6.92 Å². The Labute approximate surface area is 181 Å². The lowest BCUT2D eigenvalue weighted by Gasteiger charge is -2.25. The molecular weight excluding hydrogens is 429 g/mol. The number of carbonyl (C=O) groups excluding carboxylic acids is 2. The van der Waals surface area contributed by atoms with Crippen LogP contribution in [0.1, 0.15) is 22.0 Å². The number of hydrogen-bond donors (Lipinski definition) is 1. The van der Waals surface area contributed by atoms with Gasteiger partial charge in [-0.2, -0.15) is 0 Å². The van der Waals surface area contributed by atoms with Gasteiger partial charge in [-0.1, -0.05) is 47.5 Å². The molecule has 1 amide bonds. The molecule has 146 valence electrons. The van der Waals surface area contributed by atoms with Gasteiger partial charge >= 0.3 is 0 Å². The zero-order valence-electron chi connectivity index (χ0n) is 15.2. The van der Waals surface area contributed by atoms with Gasteiger partial charge in [0.25, 0.3) is 11.7 Å². The van der Waals surface area contributed by atoms with Crippen molar-refractivity contribution in [3.05, 3.63) is 91.6 Å². The predicted molar refractivity (Wildman–Crippen MR) is 117 cm³/mol. The fraction of sp³-hybridized carbons (Fsp3) is 0.0909. The fourth-order valence-electron chi connectivity index (χ4n) is 3.43. The number of para-hydroxylation sites is 1. The summed E-state index contributed by atoms with van der Waals surface area (Å²) in [5, 5.41) is 13.5. The Morgan fingerprint density at radius 2 is 1.79 bits per heavy atom. The molecule has 2 aromatic carbocycles. The van der Waals surface area contributed by atoms with Gasteiger partial charge in [-0.3, -0.25) is 14.5 Å². The first-order chi connectivity index (χ1) is 13.9. The third-order valence-electron chi connectivity index (χ3n) is 4.83. The third-order valence-corrected chi connectivity index (χ3v) is 6.49. The van der Waals surface area contributed by atoms with Crippen molar-refractivity contribution in [3.8, 4) is 0 Å². The number of rotatable bonds is 3. The van der Waals surface area contributed by atoms with Crippen LogP contribution in [0.3, 0.4) is 0 Å². The number of amides is 1. The Hall–Kier alpha value is -2.60. The molecule has 1 aliphatic heterocycles. The second-order valence-corrected chi connectivity index (χ2v) is 8.39. The minimum absolute atomic E-state index is 0.0269. The maximum absolute atomic E-state index is 13.0. The molecule has 1 aromatic heterocycles. The van der Waals surface area contributed by atoms with Crippen molar-refractivity contribution in [1.29, 1.82) is 0 Å². The number of halogens is 2. The summed E-state index contributed by atoms with van der Waals surface area (Å²) in [6.07, 6.45) is 0. The van der Waals surface area contributed by atoms with Crippen LogP contribution < -0.4 is 4.90 Å². The molecule has 1 aliphatic rings. The molecule has 1 N–H and O–H groups in total. The third kappa shape index (κ3) is 3.35. The first-order valence-corrected chi connectivity index (χ1v) is 10.4. The molecular formula is C22H15Cl2NO3S. The number of aliphatic hydroxyl groups is 1. The van der Waals surface area contributed by atoms with Crippen molar-refractivity contribution in [2.45, 2.75) is 13.0 Å². The Morgan fingerprint density at radius 1 is 1.03 bits per heavy atom. The van der Waals surface area contributed by atoms with E-state index >= 15 is 0 Å². The van der Waals surface area contributed by atoms with Crippen LogP contribution in [-0.4, -0.2) is 16.8 Å². The summed E-state index contributed by atoms with van der Waals surface area (Å²) < 4.78 is 0. The summed E-state index contributed by atoms with van der Waals surface area (Å²) in [6.45, 7) is 1.87. The van der Waals surface area contributed by atoms with Crippen molar-refractivity contribution >= 4 is 57.7 Å². The molecule has 29 heavy (non-hydrogen) atoms. The summed E-state index contributed by atoms with van der Waals surface area (Å²) >= 11 is 13.5. The normalized spacial score (nSPS) is 18.4. The van der Waals surface area contributed by atoms with Gasteiger partial charge in [-0.15, -0.1) is 11.3 Å². The fourth-order valence-corrected chi connectivity index (χ4v) is 4.55. The first kappa shape index (κ1) is 19.7. The summed E-state index contributed by atoms with van der Waals surface area (Å²) in [5.74, 6) is -1.70. The largest absolute Gasteiger partial charge is 0.507 e. The monoisotopic (exact) mass is 443 g/mol. The van der Waals surface area contributed by atoms with Crippen molar-refractivity contribution < 1.29 is 14.7 Å². The topological polar surface area (TPSA) is 57.6 Å². The second-order valence-electron chi connectivity index (χ2n) is 6.60. The molecule has 2 heterocycles. The van der Waals surface area contributed by atoms with Gasteiger partial charge < -0.3 is 5.11 Å². The van der Waals surface area contributed by atoms with E-state index in [0.717, 1.165) is 10.4 Å². The lowest BCUT2D eigenvalue weighted by Crippen LogP contribution is -2.29.